The summed E-state index contributed by atoms with van der Waals surface area (Å²) in [5.74, 6) is -1.10. The summed E-state index contributed by atoms with van der Waals surface area (Å²) in [6.45, 7) is 6.81. The number of benzene rings is 1. The Bertz CT molecular complexity index is 536. The second-order valence-corrected chi connectivity index (χ2v) is 4.57. The number of hydrogen-bond acceptors (Lipinski definition) is 5. The molecule has 0 heterocycles. The van der Waals surface area contributed by atoms with E-state index in [4.69, 9.17) is 20.1 Å². The van der Waals surface area contributed by atoms with E-state index in [1.54, 1.807) is 12.1 Å². The lowest BCUT2D eigenvalue weighted by Gasteiger charge is -2.00. The van der Waals surface area contributed by atoms with Gasteiger partial charge in [-0.15, -0.1) is 0 Å². The summed E-state index contributed by atoms with van der Waals surface area (Å²) in [7, 11) is 0. The van der Waals surface area contributed by atoms with E-state index in [2.05, 4.69) is 13.2 Å². The van der Waals surface area contributed by atoms with Gasteiger partial charge in [-0.3, -0.25) is 0 Å². The molecule has 6 nitrogen and oxygen atoms in total. The minimum Gasteiger partial charge on any atom is -0.508 e. The number of unbranched alkanes of at least 4 members (excludes halogenated alkanes) is 2. The number of aliphatic hydroxyl groups is 1. The third-order valence-electron chi connectivity index (χ3n) is 2.64. The highest BCUT2D eigenvalue weighted by Crippen LogP contribution is 2.17. The van der Waals surface area contributed by atoms with E-state index in [0.717, 1.165) is 25.3 Å². The Balaban J connectivity index is 0.000000423. The van der Waals surface area contributed by atoms with Crippen LogP contribution in [0.1, 0.15) is 25.7 Å². The van der Waals surface area contributed by atoms with Gasteiger partial charge in [-0.25, -0.2) is 9.59 Å². The highest BCUT2D eigenvalue weighted by Gasteiger charge is 2.02. The molecule has 0 atom stereocenters. The average Bonchev–Trinajstić information content (AvgIpc) is 2.51. The fourth-order valence-corrected chi connectivity index (χ4v) is 1.44. The molecule has 23 heavy (non-hydrogen) atoms. The molecule has 1 rings (SSSR count). The van der Waals surface area contributed by atoms with Gasteiger partial charge < -0.3 is 20.1 Å². The molecule has 0 spiro atoms. The zero-order valence-corrected chi connectivity index (χ0v) is 12.9. The Morgan fingerprint density at radius 3 is 2.43 bits per heavy atom. The van der Waals surface area contributed by atoms with Gasteiger partial charge in [-0.2, -0.15) is 0 Å². The second-order valence-electron chi connectivity index (χ2n) is 4.57. The number of aromatic hydroxyl groups is 1. The van der Waals surface area contributed by atoms with Crippen molar-refractivity contribution in [2.24, 2.45) is 0 Å². The third-order valence-corrected chi connectivity index (χ3v) is 2.64. The summed E-state index contributed by atoms with van der Waals surface area (Å²) in [5.41, 5.74) is 0.253. The Kier molecular flexibility index (Phi) is 10.6. The van der Waals surface area contributed by atoms with Crippen LogP contribution in [-0.4, -0.2) is 33.9 Å². The van der Waals surface area contributed by atoms with Crippen molar-refractivity contribution < 1.29 is 29.6 Å². The first-order valence-electron chi connectivity index (χ1n) is 7.06. The van der Waals surface area contributed by atoms with Gasteiger partial charge in [0.2, 0.25) is 0 Å². The fourth-order valence-electron chi connectivity index (χ4n) is 1.44. The molecule has 3 N–H and O–H groups in total. The Morgan fingerprint density at radius 1 is 1.22 bits per heavy atom. The summed E-state index contributed by atoms with van der Waals surface area (Å²) in [6, 6.07) is 5.99. The number of carboxylic acid groups (broad SMARTS) is 1. The Labute approximate surface area is 135 Å². The zero-order chi connectivity index (χ0) is 17.7. The first-order valence-corrected chi connectivity index (χ1v) is 7.06. The number of rotatable bonds is 8. The molecule has 126 valence electrons. The molecule has 0 aliphatic rings. The fraction of sp³-hybridized carbons (Fsp3) is 0.294. The predicted molar refractivity (Wildman–Crippen MR) is 86.3 cm³/mol. The van der Waals surface area contributed by atoms with Gasteiger partial charge in [0, 0.05) is 24.3 Å². The van der Waals surface area contributed by atoms with E-state index in [-0.39, 0.29) is 17.9 Å². The van der Waals surface area contributed by atoms with E-state index < -0.39 is 11.9 Å². The summed E-state index contributed by atoms with van der Waals surface area (Å²) in [5, 5.41) is 25.8. The summed E-state index contributed by atoms with van der Waals surface area (Å²) < 4.78 is 4.73. The standard InChI is InChI=1S/C9H8O3.C8H14O3/c1-2-9(11)12-8-5-3-4-7(10)6-8;1-7(8(10)11)5-3-2-4-6-9/h2-6,10H,1H2;9H,1-6H2,(H,10,11). The second kappa shape index (κ2) is 12.0. The number of carbonyl (C=O) groups excluding carboxylic acids is 1. The quantitative estimate of drug-likeness (QED) is 0.294. The van der Waals surface area contributed by atoms with Crippen LogP contribution in [0, 0.1) is 0 Å². The first kappa shape index (κ1) is 20.4. The van der Waals surface area contributed by atoms with E-state index in [9.17, 15) is 9.59 Å². The SMILES string of the molecule is C=C(CCCCCO)C(=O)O.C=CC(=O)Oc1cccc(O)c1. The molecule has 0 bridgehead atoms. The van der Waals surface area contributed by atoms with Crippen LogP contribution in [0.25, 0.3) is 0 Å². The monoisotopic (exact) mass is 322 g/mol. The first-order chi connectivity index (χ1) is 10.9. The van der Waals surface area contributed by atoms with E-state index in [1.807, 2.05) is 0 Å². The van der Waals surface area contributed by atoms with Gasteiger partial charge in [0.25, 0.3) is 0 Å². The number of aliphatic carboxylic acids is 1. The van der Waals surface area contributed by atoms with Gasteiger partial charge >= 0.3 is 11.9 Å². The van der Waals surface area contributed by atoms with Crippen LogP contribution in [0.5, 0.6) is 11.5 Å². The van der Waals surface area contributed by atoms with Gasteiger partial charge in [0.05, 0.1) is 0 Å². The highest BCUT2D eigenvalue weighted by molar-refractivity contribution is 5.85. The number of hydrogen-bond donors (Lipinski definition) is 3. The Hall–Kier alpha value is -2.60. The lowest BCUT2D eigenvalue weighted by Crippen LogP contribution is -2.02. The van der Waals surface area contributed by atoms with Crippen LogP contribution < -0.4 is 4.74 Å². The molecule has 0 aliphatic carbocycles. The van der Waals surface area contributed by atoms with Crippen molar-refractivity contribution in [3.8, 4) is 11.5 Å². The maximum Gasteiger partial charge on any atom is 0.335 e. The van der Waals surface area contributed by atoms with Gasteiger partial charge in [-0.1, -0.05) is 25.6 Å². The summed E-state index contributed by atoms with van der Waals surface area (Å²) in [4.78, 5) is 20.9. The van der Waals surface area contributed by atoms with Crippen LogP contribution in [0.2, 0.25) is 0 Å². The lowest BCUT2D eigenvalue weighted by molar-refractivity contribution is -0.133. The largest absolute Gasteiger partial charge is 0.508 e. The highest BCUT2D eigenvalue weighted by atomic mass is 16.5. The van der Waals surface area contributed by atoms with Crippen molar-refractivity contribution in [1.82, 2.24) is 0 Å². The van der Waals surface area contributed by atoms with Crippen molar-refractivity contribution in [3.05, 3.63) is 49.1 Å². The number of phenolic OH excluding ortho intramolecular Hbond substituents is 1. The van der Waals surface area contributed by atoms with Crippen molar-refractivity contribution in [3.63, 3.8) is 0 Å². The maximum absolute atomic E-state index is 10.7. The molecule has 0 saturated carbocycles. The average molecular weight is 322 g/mol. The molecule has 0 aromatic heterocycles. The molecule has 1 aromatic rings. The van der Waals surface area contributed by atoms with Crippen molar-refractivity contribution in [2.45, 2.75) is 25.7 Å². The van der Waals surface area contributed by atoms with Crippen LogP contribution in [0.3, 0.4) is 0 Å². The van der Waals surface area contributed by atoms with Crippen LogP contribution in [0.15, 0.2) is 49.1 Å². The molecule has 1 aromatic carbocycles. The van der Waals surface area contributed by atoms with E-state index in [1.165, 1.54) is 12.1 Å². The number of aliphatic hydroxyl groups excluding tert-OH is 1. The van der Waals surface area contributed by atoms with Crippen LogP contribution in [-0.2, 0) is 9.59 Å². The molecule has 6 heteroatoms. The molecular weight excluding hydrogens is 300 g/mol. The number of ether oxygens (including phenoxy) is 1. The minimum absolute atomic E-state index is 0.0596. The van der Waals surface area contributed by atoms with Gasteiger partial charge in [0.1, 0.15) is 11.5 Å². The predicted octanol–water partition coefficient (Wildman–Crippen LogP) is 2.66. The summed E-state index contributed by atoms with van der Waals surface area (Å²) >= 11 is 0. The zero-order valence-electron chi connectivity index (χ0n) is 12.9. The molecule has 0 unspecified atom stereocenters. The Morgan fingerprint density at radius 2 is 1.91 bits per heavy atom. The van der Waals surface area contributed by atoms with Crippen LogP contribution in [0.4, 0.5) is 0 Å². The third kappa shape index (κ3) is 10.7. The van der Waals surface area contributed by atoms with Gasteiger partial charge in [0.15, 0.2) is 0 Å². The lowest BCUT2D eigenvalue weighted by atomic mass is 10.1. The number of carboxylic acids is 1. The van der Waals surface area contributed by atoms with Crippen molar-refractivity contribution >= 4 is 11.9 Å². The number of phenols is 1. The number of esters is 1. The molecule has 0 radical (unpaired) electrons. The number of carbonyl (C=O) groups is 2. The maximum atomic E-state index is 10.7. The molecular formula is C17H22O6. The normalized spacial score (nSPS) is 9.26. The van der Waals surface area contributed by atoms with Gasteiger partial charge in [-0.05, 0) is 31.4 Å². The summed E-state index contributed by atoms with van der Waals surface area (Å²) in [6.07, 6.45) is 3.99. The van der Waals surface area contributed by atoms with E-state index in [0.29, 0.717) is 12.2 Å². The molecule has 0 amide bonds. The topological polar surface area (TPSA) is 104 Å². The van der Waals surface area contributed by atoms with Crippen molar-refractivity contribution in [1.29, 1.82) is 0 Å². The van der Waals surface area contributed by atoms with E-state index >= 15 is 0 Å². The minimum atomic E-state index is -0.922. The van der Waals surface area contributed by atoms with Crippen molar-refractivity contribution in [2.75, 3.05) is 6.61 Å². The molecule has 0 saturated heterocycles. The van der Waals surface area contributed by atoms with Crippen LogP contribution >= 0.6 is 0 Å². The molecule has 0 fully saturated rings. The molecule has 0 aliphatic heterocycles. The smallest absolute Gasteiger partial charge is 0.335 e.